The number of fused-ring (bicyclic) bond motifs is 1. The number of hydrogen-bond acceptors (Lipinski definition) is 6. The molecule has 1 aliphatic rings. The third kappa shape index (κ3) is 3.22. The van der Waals surface area contributed by atoms with Gasteiger partial charge in [0.15, 0.2) is 5.82 Å². The van der Waals surface area contributed by atoms with Crippen molar-refractivity contribution in [1.29, 1.82) is 5.26 Å². The van der Waals surface area contributed by atoms with Crippen LogP contribution in [0.15, 0.2) is 24.3 Å². The van der Waals surface area contributed by atoms with Gasteiger partial charge in [-0.15, -0.1) is 5.10 Å². The average Bonchev–Trinajstić information content (AvgIpc) is 2.62. The number of nitrogens with zero attached hydrogens (tertiary/aromatic N) is 5. The Kier molecular flexibility index (Phi) is 4.75. The van der Waals surface area contributed by atoms with Crippen LogP contribution in [0, 0.1) is 25.2 Å². The van der Waals surface area contributed by atoms with Crippen molar-refractivity contribution in [3.05, 3.63) is 41.1 Å². The first-order valence-corrected chi connectivity index (χ1v) is 8.50. The minimum absolute atomic E-state index is 0.00481. The van der Waals surface area contributed by atoms with Gasteiger partial charge in [-0.2, -0.15) is 10.4 Å². The Labute approximate surface area is 148 Å². The summed E-state index contributed by atoms with van der Waals surface area (Å²) in [4.78, 5) is 4.28. The Bertz CT molecular complexity index is 814. The highest BCUT2D eigenvalue weighted by molar-refractivity contribution is 5.61. The van der Waals surface area contributed by atoms with Gasteiger partial charge in [0, 0.05) is 13.6 Å². The molecule has 1 aromatic carbocycles. The molecular weight excluding hydrogens is 314 g/mol. The van der Waals surface area contributed by atoms with Crippen LogP contribution in [0.1, 0.15) is 23.7 Å². The first-order valence-electron chi connectivity index (χ1n) is 8.50. The molecule has 6 nitrogen and oxygen atoms in total. The zero-order valence-corrected chi connectivity index (χ0v) is 15.2. The molecule has 0 saturated heterocycles. The predicted octanol–water partition coefficient (Wildman–Crippen LogP) is 2.69. The normalized spacial score (nSPS) is 16.0. The third-order valence-electron chi connectivity index (χ3n) is 4.69. The van der Waals surface area contributed by atoms with Crippen LogP contribution in [0.3, 0.4) is 0 Å². The minimum atomic E-state index is -0.00481. The van der Waals surface area contributed by atoms with Crippen molar-refractivity contribution >= 4 is 11.5 Å². The van der Waals surface area contributed by atoms with Crippen LogP contribution in [-0.4, -0.2) is 43.0 Å². The van der Waals surface area contributed by atoms with E-state index in [1.165, 1.54) is 0 Å². The molecule has 130 valence electrons. The molecule has 2 aromatic rings. The van der Waals surface area contributed by atoms with Crippen molar-refractivity contribution in [3.63, 3.8) is 0 Å². The molecule has 0 amide bonds. The number of aromatic nitrogens is 2. The summed E-state index contributed by atoms with van der Waals surface area (Å²) in [5.74, 6) is 1.51. The van der Waals surface area contributed by atoms with Gasteiger partial charge in [0.05, 0.1) is 24.5 Å². The van der Waals surface area contributed by atoms with E-state index in [2.05, 4.69) is 34.2 Å². The molecule has 1 unspecified atom stereocenters. The number of ether oxygens (including phenoxy) is 1. The van der Waals surface area contributed by atoms with Crippen LogP contribution in [0.25, 0.3) is 0 Å². The fourth-order valence-corrected chi connectivity index (χ4v) is 3.16. The van der Waals surface area contributed by atoms with E-state index < -0.39 is 0 Å². The number of benzene rings is 1. The van der Waals surface area contributed by atoms with Crippen LogP contribution in [0.2, 0.25) is 0 Å². The maximum absolute atomic E-state index is 9.50. The van der Waals surface area contributed by atoms with Crippen molar-refractivity contribution in [3.8, 4) is 11.8 Å². The Hall–Kier alpha value is -2.81. The number of likely N-dealkylation sites (N-methyl/N-ethyl adjacent to an activating group) is 2. The van der Waals surface area contributed by atoms with Crippen LogP contribution >= 0.6 is 0 Å². The van der Waals surface area contributed by atoms with E-state index in [9.17, 15) is 5.26 Å². The van der Waals surface area contributed by atoms with Gasteiger partial charge in [-0.3, -0.25) is 0 Å². The highest BCUT2D eigenvalue weighted by Gasteiger charge is 2.26. The van der Waals surface area contributed by atoms with E-state index in [1.807, 2.05) is 44.0 Å². The molecule has 6 heteroatoms. The summed E-state index contributed by atoms with van der Waals surface area (Å²) in [6.07, 6.45) is -0.00481. The monoisotopic (exact) mass is 337 g/mol. The van der Waals surface area contributed by atoms with E-state index in [0.29, 0.717) is 17.9 Å². The van der Waals surface area contributed by atoms with Gasteiger partial charge in [-0.1, -0.05) is 12.1 Å². The zero-order valence-electron chi connectivity index (χ0n) is 15.2. The van der Waals surface area contributed by atoms with Gasteiger partial charge in [0.2, 0.25) is 0 Å². The number of para-hydroxylation sites is 2. The Morgan fingerprint density at radius 2 is 2.08 bits per heavy atom. The fourth-order valence-electron chi connectivity index (χ4n) is 3.16. The first-order chi connectivity index (χ1) is 12.0. The molecule has 1 aromatic heterocycles. The summed E-state index contributed by atoms with van der Waals surface area (Å²) < 4.78 is 6.17. The van der Waals surface area contributed by atoms with E-state index in [1.54, 1.807) is 0 Å². The molecule has 0 spiro atoms. The minimum Gasteiger partial charge on any atom is -0.485 e. The van der Waals surface area contributed by atoms with Crippen molar-refractivity contribution in [2.24, 2.45) is 0 Å². The smallest absolute Gasteiger partial charge is 0.169 e. The highest BCUT2D eigenvalue weighted by atomic mass is 16.5. The topological polar surface area (TPSA) is 65.3 Å². The van der Waals surface area contributed by atoms with Crippen molar-refractivity contribution < 1.29 is 4.74 Å². The molecule has 0 bridgehead atoms. The summed E-state index contributed by atoms with van der Waals surface area (Å²) >= 11 is 0. The second kappa shape index (κ2) is 6.98. The lowest BCUT2D eigenvalue weighted by atomic mass is 10.1. The summed E-state index contributed by atoms with van der Waals surface area (Å²) in [6, 6.07) is 10.4. The molecular formula is C19H23N5O. The maximum Gasteiger partial charge on any atom is 0.169 e. The molecule has 0 radical (unpaired) electrons. The SMILES string of the molecule is CCN1CC(CN(C)c2nnc(C)c(C)c2C#N)Oc2ccccc21. The van der Waals surface area contributed by atoms with Crippen molar-refractivity contribution in [1.82, 2.24) is 10.2 Å². The molecule has 1 atom stereocenters. The van der Waals surface area contributed by atoms with E-state index in [0.717, 1.165) is 35.8 Å². The molecule has 25 heavy (non-hydrogen) atoms. The van der Waals surface area contributed by atoms with E-state index in [4.69, 9.17) is 4.74 Å². The summed E-state index contributed by atoms with van der Waals surface area (Å²) in [5, 5.41) is 17.9. The maximum atomic E-state index is 9.50. The van der Waals surface area contributed by atoms with Crippen LogP contribution in [0.4, 0.5) is 11.5 Å². The molecule has 0 N–H and O–H groups in total. The second-order valence-electron chi connectivity index (χ2n) is 6.35. The Morgan fingerprint density at radius 1 is 1.32 bits per heavy atom. The lowest BCUT2D eigenvalue weighted by molar-refractivity contribution is 0.200. The van der Waals surface area contributed by atoms with Crippen molar-refractivity contribution in [2.45, 2.75) is 26.9 Å². The Balaban J connectivity index is 1.82. The van der Waals surface area contributed by atoms with Crippen LogP contribution < -0.4 is 14.5 Å². The number of hydrogen-bond donors (Lipinski definition) is 0. The largest absolute Gasteiger partial charge is 0.485 e. The summed E-state index contributed by atoms with van der Waals surface area (Å²) in [5.41, 5.74) is 3.38. The molecule has 2 heterocycles. The van der Waals surface area contributed by atoms with Gasteiger partial charge in [-0.05, 0) is 38.5 Å². The van der Waals surface area contributed by atoms with Crippen LogP contribution in [0.5, 0.6) is 5.75 Å². The van der Waals surface area contributed by atoms with Gasteiger partial charge in [0.25, 0.3) is 0 Å². The number of nitriles is 1. The van der Waals surface area contributed by atoms with Gasteiger partial charge in [-0.25, -0.2) is 0 Å². The highest BCUT2D eigenvalue weighted by Crippen LogP contribution is 2.33. The lowest BCUT2D eigenvalue weighted by Gasteiger charge is -2.37. The van der Waals surface area contributed by atoms with Crippen molar-refractivity contribution in [2.75, 3.05) is 36.5 Å². The molecule has 0 fully saturated rings. The summed E-state index contributed by atoms with van der Waals surface area (Å²) in [7, 11) is 1.93. The molecule has 1 aliphatic heterocycles. The Morgan fingerprint density at radius 3 is 2.80 bits per heavy atom. The average molecular weight is 337 g/mol. The van der Waals surface area contributed by atoms with E-state index >= 15 is 0 Å². The molecule has 0 saturated carbocycles. The fraction of sp³-hybridized carbons (Fsp3) is 0.421. The second-order valence-corrected chi connectivity index (χ2v) is 6.35. The standard InChI is InChI=1S/C19H23N5O/c1-5-24-12-15(25-18-9-7-6-8-17(18)24)11-23(4)19-16(10-20)13(2)14(3)21-22-19/h6-9,15H,5,11-12H2,1-4H3. The quantitative estimate of drug-likeness (QED) is 0.855. The van der Waals surface area contributed by atoms with E-state index in [-0.39, 0.29) is 6.10 Å². The zero-order chi connectivity index (χ0) is 18.0. The number of aryl methyl sites for hydroxylation is 1. The van der Waals surface area contributed by atoms with Gasteiger partial charge in [0.1, 0.15) is 23.5 Å². The molecule has 3 rings (SSSR count). The number of anilines is 2. The third-order valence-corrected chi connectivity index (χ3v) is 4.69. The first kappa shape index (κ1) is 17.0. The van der Waals surface area contributed by atoms with Gasteiger partial charge < -0.3 is 14.5 Å². The molecule has 0 aliphatic carbocycles. The van der Waals surface area contributed by atoms with Gasteiger partial charge >= 0.3 is 0 Å². The lowest BCUT2D eigenvalue weighted by Crippen LogP contribution is -2.46. The predicted molar refractivity (Wildman–Crippen MR) is 98.2 cm³/mol. The number of rotatable bonds is 4. The summed E-state index contributed by atoms with van der Waals surface area (Å²) in [6.45, 7) is 8.28. The van der Waals surface area contributed by atoms with Crippen LogP contribution in [-0.2, 0) is 0 Å².